The lowest BCUT2D eigenvalue weighted by atomic mass is 10.3. The van der Waals surface area contributed by atoms with Gasteiger partial charge < -0.3 is 10.5 Å². The van der Waals surface area contributed by atoms with Gasteiger partial charge in [-0.15, -0.1) is 0 Å². The van der Waals surface area contributed by atoms with Crippen LogP contribution in [-0.2, 0) is 0 Å². The van der Waals surface area contributed by atoms with Crippen LogP contribution < -0.4 is 10.5 Å². The molecule has 0 unspecified atom stereocenters. The molecule has 0 bridgehead atoms. The highest BCUT2D eigenvalue weighted by Gasteiger charge is 2.14. The van der Waals surface area contributed by atoms with Gasteiger partial charge in [-0.3, -0.25) is 10.1 Å². The molecule has 0 spiro atoms. The Bertz CT molecular complexity index is 375. The molecular formula is C9H10Br2N2O3. The Morgan fingerprint density at radius 3 is 2.38 bits per heavy atom. The molecule has 2 N–H and O–H groups in total. The molecule has 1 rings (SSSR count). The Balaban J connectivity index is 2.89. The third-order valence-corrected chi connectivity index (χ3v) is 2.97. The number of hydrogen-bond donors (Lipinski definition) is 1. The summed E-state index contributed by atoms with van der Waals surface area (Å²) in [6.07, 6.45) is 0.732. The third-order valence-electron chi connectivity index (χ3n) is 1.79. The minimum atomic E-state index is -0.459. The fraction of sp³-hybridized carbons (Fsp3) is 0.333. The van der Waals surface area contributed by atoms with E-state index < -0.39 is 4.92 Å². The Morgan fingerprint density at radius 1 is 1.38 bits per heavy atom. The maximum absolute atomic E-state index is 10.6. The second-order valence-corrected chi connectivity index (χ2v) is 4.70. The van der Waals surface area contributed by atoms with E-state index in [1.165, 1.54) is 12.1 Å². The number of ether oxygens (including phenoxy) is 1. The number of halogens is 2. The van der Waals surface area contributed by atoms with Gasteiger partial charge in [-0.05, 0) is 44.8 Å². The molecular weight excluding hydrogens is 344 g/mol. The van der Waals surface area contributed by atoms with Crippen LogP contribution in [-0.4, -0.2) is 18.1 Å². The lowest BCUT2D eigenvalue weighted by Crippen LogP contribution is -2.06. The zero-order chi connectivity index (χ0) is 12.1. The van der Waals surface area contributed by atoms with Gasteiger partial charge in [-0.1, -0.05) is 0 Å². The number of nitrogens with two attached hydrogens (primary N) is 1. The van der Waals surface area contributed by atoms with Crippen LogP contribution in [0.5, 0.6) is 5.75 Å². The highest BCUT2D eigenvalue weighted by atomic mass is 79.9. The van der Waals surface area contributed by atoms with Gasteiger partial charge in [0.05, 0.1) is 20.5 Å². The number of rotatable bonds is 5. The fourth-order valence-corrected chi connectivity index (χ4v) is 2.44. The molecule has 1 aromatic rings. The van der Waals surface area contributed by atoms with Gasteiger partial charge in [0, 0.05) is 12.1 Å². The molecule has 0 aromatic heterocycles. The molecule has 0 radical (unpaired) electrons. The first kappa shape index (κ1) is 13.4. The average molecular weight is 354 g/mol. The maximum Gasteiger partial charge on any atom is 0.271 e. The van der Waals surface area contributed by atoms with Crippen molar-refractivity contribution in [3.05, 3.63) is 31.2 Å². The van der Waals surface area contributed by atoms with Crippen LogP contribution in [0.1, 0.15) is 6.42 Å². The number of nitro benzene ring substituents is 1. The normalized spacial score (nSPS) is 10.2. The topological polar surface area (TPSA) is 78.4 Å². The molecule has 5 nitrogen and oxygen atoms in total. The number of nitro groups is 1. The highest BCUT2D eigenvalue weighted by Crippen LogP contribution is 2.37. The van der Waals surface area contributed by atoms with Crippen LogP contribution in [0.3, 0.4) is 0 Å². The zero-order valence-electron chi connectivity index (χ0n) is 8.28. The van der Waals surface area contributed by atoms with Crippen LogP contribution in [0.15, 0.2) is 21.1 Å². The standard InChI is InChI=1S/C9H10Br2N2O3/c10-7-4-6(13(14)15)5-8(11)9(7)16-3-1-2-12/h4-5H,1-3,12H2. The number of benzene rings is 1. The summed E-state index contributed by atoms with van der Waals surface area (Å²) >= 11 is 6.46. The van der Waals surface area contributed by atoms with Gasteiger partial charge in [0.2, 0.25) is 0 Å². The molecule has 0 aliphatic heterocycles. The molecule has 7 heteroatoms. The minimum Gasteiger partial charge on any atom is -0.491 e. The molecule has 88 valence electrons. The summed E-state index contributed by atoms with van der Waals surface area (Å²) in [6.45, 7) is 1.02. The van der Waals surface area contributed by atoms with E-state index in [4.69, 9.17) is 10.5 Å². The molecule has 1 aromatic carbocycles. The predicted octanol–water partition coefficient (Wildman–Crippen LogP) is 2.85. The summed E-state index contributed by atoms with van der Waals surface area (Å²) < 4.78 is 6.54. The van der Waals surface area contributed by atoms with Crippen molar-refractivity contribution in [2.24, 2.45) is 5.73 Å². The molecule has 0 aliphatic rings. The Labute approximate surface area is 109 Å². The van der Waals surface area contributed by atoms with Crippen LogP contribution in [0.25, 0.3) is 0 Å². The highest BCUT2D eigenvalue weighted by molar-refractivity contribution is 9.11. The van der Waals surface area contributed by atoms with Crippen molar-refractivity contribution in [1.29, 1.82) is 0 Å². The Kier molecular flexibility index (Phi) is 5.17. The quantitative estimate of drug-likeness (QED) is 0.501. The van der Waals surface area contributed by atoms with E-state index in [0.29, 0.717) is 27.8 Å². The van der Waals surface area contributed by atoms with Crippen LogP contribution in [0, 0.1) is 10.1 Å². The van der Waals surface area contributed by atoms with E-state index in [-0.39, 0.29) is 5.69 Å². The second-order valence-electron chi connectivity index (χ2n) is 2.99. The summed E-state index contributed by atoms with van der Waals surface area (Å²) in [5, 5.41) is 10.6. The van der Waals surface area contributed by atoms with Gasteiger partial charge in [0.1, 0.15) is 5.75 Å². The zero-order valence-corrected chi connectivity index (χ0v) is 11.5. The summed E-state index contributed by atoms with van der Waals surface area (Å²) in [7, 11) is 0. The minimum absolute atomic E-state index is 0.00456. The number of hydrogen-bond acceptors (Lipinski definition) is 4. The van der Waals surface area contributed by atoms with Gasteiger partial charge >= 0.3 is 0 Å². The van der Waals surface area contributed by atoms with E-state index in [0.717, 1.165) is 6.42 Å². The van der Waals surface area contributed by atoms with Crippen LogP contribution >= 0.6 is 31.9 Å². The summed E-state index contributed by atoms with van der Waals surface area (Å²) in [4.78, 5) is 10.1. The number of nitrogens with zero attached hydrogens (tertiary/aromatic N) is 1. The molecule has 0 saturated heterocycles. The molecule has 16 heavy (non-hydrogen) atoms. The molecule has 0 fully saturated rings. The average Bonchev–Trinajstić information content (AvgIpc) is 2.21. The van der Waals surface area contributed by atoms with Crippen molar-refractivity contribution >= 4 is 37.5 Å². The second kappa shape index (κ2) is 6.17. The summed E-state index contributed by atoms with van der Waals surface area (Å²) in [5.41, 5.74) is 5.34. The molecule has 0 amide bonds. The van der Waals surface area contributed by atoms with E-state index in [1.54, 1.807) is 0 Å². The molecule has 0 aliphatic carbocycles. The van der Waals surface area contributed by atoms with E-state index in [2.05, 4.69) is 31.9 Å². The summed E-state index contributed by atoms with van der Waals surface area (Å²) in [6, 6.07) is 2.81. The van der Waals surface area contributed by atoms with Gasteiger partial charge in [0.25, 0.3) is 5.69 Å². The van der Waals surface area contributed by atoms with Gasteiger partial charge in [-0.2, -0.15) is 0 Å². The van der Waals surface area contributed by atoms with Crippen LogP contribution in [0.2, 0.25) is 0 Å². The maximum atomic E-state index is 10.6. The SMILES string of the molecule is NCCCOc1c(Br)cc([N+](=O)[O-])cc1Br. The molecule has 0 heterocycles. The molecule has 0 saturated carbocycles. The first-order valence-corrected chi connectivity index (χ1v) is 6.11. The first-order chi connectivity index (χ1) is 7.56. The van der Waals surface area contributed by atoms with E-state index in [1.807, 2.05) is 0 Å². The predicted molar refractivity (Wildman–Crippen MR) is 67.7 cm³/mol. The van der Waals surface area contributed by atoms with Crippen molar-refractivity contribution in [3.8, 4) is 5.75 Å². The number of non-ortho nitro benzene ring substituents is 1. The first-order valence-electron chi connectivity index (χ1n) is 4.52. The van der Waals surface area contributed by atoms with Crippen LogP contribution in [0.4, 0.5) is 5.69 Å². The Hall–Kier alpha value is -0.660. The van der Waals surface area contributed by atoms with E-state index in [9.17, 15) is 10.1 Å². The van der Waals surface area contributed by atoms with Crippen molar-refractivity contribution < 1.29 is 9.66 Å². The van der Waals surface area contributed by atoms with Gasteiger partial charge in [-0.25, -0.2) is 0 Å². The smallest absolute Gasteiger partial charge is 0.271 e. The van der Waals surface area contributed by atoms with Crippen molar-refractivity contribution in [1.82, 2.24) is 0 Å². The van der Waals surface area contributed by atoms with Crippen molar-refractivity contribution in [2.45, 2.75) is 6.42 Å². The molecule has 0 atom stereocenters. The van der Waals surface area contributed by atoms with E-state index >= 15 is 0 Å². The fourth-order valence-electron chi connectivity index (χ4n) is 1.05. The lowest BCUT2D eigenvalue weighted by Gasteiger charge is -2.09. The van der Waals surface area contributed by atoms with Crippen molar-refractivity contribution in [3.63, 3.8) is 0 Å². The third kappa shape index (κ3) is 3.43. The Morgan fingerprint density at radius 2 is 1.94 bits per heavy atom. The summed E-state index contributed by atoms with van der Waals surface area (Å²) in [5.74, 6) is 0.555. The van der Waals surface area contributed by atoms with Crippen molar-refractivity contribution in [2.75, 3.05) is 13.2 Å². The monoisotopic (exact) mass is 352 g/mol. The largest absolute Gasteiger partial charge is 0.491 e. The lowest BCUT2D eigenvalue weighted by molar-refractivity contribution is -0.385. The van der Waals surface area contributed by atoms with Gasteiger partial charge in [0.15, 0.2) is 0 Å².